The van der Waals surface area contributed by atoms with Crippen molar-refractivity contribution in [3.63, 3.8) is 0 Å². The van der Waals surface area contributed by atoms with E-state index in [2.05, 4.69) is 10.3 Å². The lowest BCUT2D eigenvalue weighted by Gasteiger charge is -2.04. The molecule has 2 heterocycles. The molecule has 0 radical (unpaired) electrons. The van der Waals surface area contributed by atoms with Gasteiger partial charge in [-0.15, -0.1) is 22.7 Å². The summed E-state index contributed by atoms with van der Waals surface area (Å²) in [4.78, 5) is 17.5. The Bertz CT molecular complexity index is 840. The Labute approximate surface area is 153 Å². The summed E-state index contributed by atoms with van der Waals surface area (Å²) in [7, 11) is 1.57. The average molecular weight is 372 g/mol. The fourth-order valence-corrected chi connectivity index (χ4v) is 3.46. The molecule has 5 nitrogen and oxygen atoms in total. The predicted molar refractivity (Wildman–Crippen MR) is 102 cm³/mol. The van der Waals surface area contributed by atoms with E-state index < -0.39 is 0 Å². The van der Waals surface area contributed by atoms with Gasteiger partial charge in [0.15, 0.2) is 11.9 Å². The van der Waals surface area contributed by atoms with Crippen LogP contribution in [-0.4, -0.2) is 24.8 Å². The number of amides is 1. The predicted octanol–water partition coefficient (Wildman–Crippen LogP) is 4.51. The molecular weight excluding hydrogens is 356 g/mol. The molecule has 1 aromatic carbocycles. The van der Waals surface area contributed by atoms with Crippen LogP contribution in [0.3, 0.4) is 0 Å². The van der Waals surface area contributed by atoms with E-state index in [1.54, 1.807) is 24.5 Å². The molecule has 0 aliphatic rings. The standard InChI is InChI=1S/C18H16N2O3S2/c1-22-12-23-14-7-4-13(5-8-14)6-9-17(21)20-18-19-15(11-25-18)16-3-2-10-24-16/h2-11H,12H2,1H3,(H,19,20,21)/b9-6+. The highest BCUT2D eigenvalue weighted by molar-refractivity contribution is 7.16. The van der Waals surface area contributed by atoms with E-state index >= 15 is 0 Å². The van der Waals surface area contributed by atoms with Crippen molar-refractivity contribution in [1.82, 2.24) is 4.98 Å². The minimum Gasteiger partial charge on any atom is -0.468 e. The Morgan fingerprint density at radius 3 is 2.80 bits per heavy atom. The molecule has 0 spiro atoms. The lowest BCUT2D eigenvalue weighted by molar-refractivity contribution is -0.111. The number of methoxy groups -OCH3 is 1. The van der Waals surface area contributed by atoms with Gasteiger partial charge in [0.1, 0.15) is 5.75 Å². The molecule has 1 amide bonds. The Kier molecular flexibility index (Phi) is 5.95. The van der Waals surface area contributed by atoms with Crippen LogP contribution in [-0.2, 0) is 9.53 Å². The van der Waals surface area contributed by atoms with Gasteiger partial charge in [0.05, 0.1) is 10.6 Å². The number of anilines is 1. The van der Waals surface area contributed by atoms with Crippen LogP contribution in [0.2, 0.25) is 0 Å². The lowest BCUT2D eigenvalue weighted by atomic mass is 10.2. The minimum atomic E-state index is -0.216. The second kappa shape index (κ2) is 8.57. The fourth-order valence-electron chi connectivity index (χ4n) is 1.99. The molecule has 25 heavy (non-hydrogen) atoms. The van der Waals surface area contributed by atoms with Crippen molar-refractivity contribution < 1.29 is 14.3 Å². The lowest BCUT2D eigenvalue weighted by Crippen LogP contribution is -2.07. The molecule has 0 unspecified atom stereocenters. The van der Waals surface area contributed by atoms with Crippen LogP contribution in [0.1, 0.15) is 5.56 Å². The first-order valence-electron chi connectivity index (χ1n) is 7.45. The summed E-state index contributed by atoms with van der Waals surface area (Å²) in [5, 5.41) is 7.30. The third kappa shape index (κ3) is 4.99. The van der Waals surface area contributed by atoms with Gasteiger partial charge in [-0.2, -0.15) is 0 Å². The molecule has 0 aliphatic heterocycles. The van der Waals surface area contributed by atoms with Crippen LogP contribution in [0.15, 0.2) is 53.2 Å². The second-order valence-corrected chi connectivity index (χ2v) is 6.76. The largest absolute Gasteiger partial charge is 0.468 e. The van der Waals surface area contributed by atoms with Crippen molar-refractivity contribution in [2.75, 3.05) is 19.2 Å². The van der Waals surface area contributed by atoms with Gasteiger partial charge in [-0.05, 0) is 35.2 Å². The molecule has 0 bridgehead atoms. The fraction of sp³-hybridized carbons (Fsp3) is 0.111. The molecule has 0 fully saturated rings. The van der Waals surface area contributed by atoms with Crippen molar-refractivity contribution in [1.29, 1.82) is 0 Å². The number of rotatable bonds is 7. The molecule has 3 aromatic rings. The highest BCUT2D eigenvalue weighted by Crippen LogP contribution is 2.28. The smallest absolute Gasteiger partial charge is 0.250 e. The normalized spacial score (nSPS) is 10.9. The van der Waals surface area contributed by atoms with Crippen LogP contribution in [0, 0.1) is 0 Å². The first-order chi connectivity index (χ1) is 12.2. The first kappa shape index (κ1) is 17.3. The number of carbonyl (C=O) groups excluding carboxylic acids is 1. The van der Waals surface area contributed by atoms with Gasteiger partial charge in [-0.1, -0.05) is 18.2 Å². The van der Waals surface area contributed by atoms with Crippen LogP contribution in [0.4, 0.5) is 5.13 Å². The van der Waals surface area contributed by atoms with Crippen molar-refractivity contribution in [3.8, 4) is 16.3 Å². The average Bonchev–Trinajstić information content (AvgIpc) is 3.30. The molecule has 0 aliphatic carbocycles. The number of ether oxygens (including phenoxy) is 2. The van der Waals surface area contributed by atoms with E-state index in [9.17, 15) is 4.79 Å². The highest BCUT2D eigenvalue weighted by Gasteiger charge is 2.06. The zero-order valence-corrected chi connectivity index (χ0v) is 15.1. The summed E-state index contributed by atoms with van der Waals surface area (Å²) in [5.41, 5.74) is 1.78. The maximum Gasteiger partial charge on any atom is 0.250 e. The monoisotopic (exact) mass is 372 g/mol. The molecule has 0 saturated heterocycles. The van der Waals surface area contributed by atoms with E-state index in [4.69, 9.17) is 9.47 Å². The number of benzene rings is 1. The molecule has 7 heteroatoms. The van der Waals surface area contributed by atoms with E-state index in [1.165, 1.54) is 17.4 Å². The minimum absolute atomic E-state index is 0.207. The summed E-state index contributed by atoms with van der Waals surface area (Å²) < 4.78 is 10.2. The van der Waals surface area contributed by atoms with E-state index in [1.807, 2.05) is 47.2 Å². The van der Waals surface area contributed by atoms with Gasteiger partial charge in [-0.3, -0.25) is 10.1 Å². The zero-order chi connectivity index (χ0) is 17.5. The van der Waals surface area contributed by atoms with Crippen molar-refractivity contribution in [2.24, 2.45) is 0 Å². The maximum absolute atomic E-state index is 12.0. The van der Waals surface area contributed by atoms with Crippen LogP contribution < -0.4 is 10.1 Å². The number of nitrogens with one attached hydrogen (secondary N) is 1. The first-order valence-corrected chi connectivity index (χ1v) is 9.21. The number of thiophene rings is 1. The van der Waals surface area contributed by atoms with Crippen molar-refractivity contribution in [2.45, 2.75) is 0 Å². The Morgan fingerprint density at radius 2 is 2.08 bits per heavy atom. The SMILES string of the molecule is COCOc1ccc(/C=C/C(=O)Nc2nc(-c3cccs3)cs2)cc1. The number of thiazole rings is 1. The quantitative estimate of drug-likeness (QED) is 0.490. The van der Waals surface area contributed by atoms with Crippen molar-refractivity contribution >= 4 is 39.8 Å². The molecule has 0 saturated carbocycles. The van der Waals surface area contributed by atoms with Gasteiger partial charge < -0.3 is 9.47 Å². The van der Waals surface area contributed by atoms with Crippen LogP contribution in [0.5, 0.6) is 5.75 Å². The van der Waals surface area contributed by atoms with Gasteiger partial charge in [0, 0.05) is 18.6 Å². The van der Waals surface area contributed by atoms with Gasteiger partial charge in [-0.25, -0.2) is 4.98 Å². The van der Waals surface area contributed by atoms with Crippen LogP contribution >= 0.6 is 22.7 Å². The number of hydrogen-bond acceptors (Lipinski definition) is 6. The molecule has 1 N–H and O–H groups in total. The van der Waals surface area contributed by atoms with E-state index in [0.29, 0.717) is 10.9 Å². The topological polar surface area (TPSA) is 60.5 Å². The zero-order valence-electron chi connectivity index (χ0n) is 13.5. The summed E-state index contributed by atoms with van der Waals surface area (Å²) in [6.07, 6.45) is 3.22. The number of hydrogen-bond donors (Lipinski definition) is 1. The molecule has 128 valence electrons. The van der Waals surface area contributed by atoms with E-state index in [0.717, 1.165) is 16.1 Å². The van der Waals surface area contributed by atoms with Gasteiger partial charge >= 0.3 is 0 Å². The summed E-state index contributed by atoms with van der Waals surface area (Å²) in [5.74, 6) is 0.499. The third-order valence-corrected chi connectivity index (χ3v) is 4.81. The van der Waals surface area contributed by atoms with Crippen LogP contribution in [0.25, 0.3) is 16.6 Å². The van der Waals surface area contributed by atoms with Gasteiger partial charge in [0.25, 0.3) is 0 Å². The Balaban J connectivity index is 1.56. The molecular formula is C18H16N2O3S2. The third-order valence-electron chi connectivity index (χ3n) is 3.16. The Morgan fingerprint density at radius 1 is 1.24 bits per heavy atom. The number of carbonyl (C=O) groups is 1. The highest BCUT2D eigenvalue weighted by atomic mass is 32.1. The maximum atomic E-state index is 12.0. The van der Waals surface area contributed by atoms with E-state index in [-0.39, 0.29) is 12.7 Å². The number of aromatic nitrogens is 1. The summed E-state index contributed by atoms with van der Waals surface area (Å²) >= 11 is 3.03. The summed E-state index contributed by atoms with van der Waals surface area (Å²) in [6.45, 7) is 0.207. The Hall–Kier alpha value is -2.48. The molecule has 2 aromatic heterocycles. The van der Waals surface area contributed by atoms with Crippen molar-refractivity contribution in [3.05, 3.63) is 58.8 Å². The number of nitrogens with zero attached hydrogens (tertiary/aromatic N) is 1. The summed E-state index contributed by atoms with van der Waals surface area (Å²) in [6, 6.07) is 11.4. The second-order valence-electron chi connectivity index (χ2n) is 4.96. The molecule has 3 rings (SSSR count). The van der Waals surface area contributed by atoms with Gasteiger partial charge in [0.2, 0.25) is 5.91 Å². The molecule has 0 atom stereocenters.